The van der Waals surface area contributed by atoms with E-state index in [9.17, 15) is 10.2 Å². The Morgan fingerprint density at radius 2 is 1.87 bits per heavy atom. The third-order valence-electron chi connectivity index (χ3n) is 2.86. The van der Waals surface area contributed by atoms with Crippen LogP contribution in [0.25, 0.3) is 0 Å². The van der Waals surface area contributed by atoms with Crippen LogP contribution >= 0.6 is 0 Å². The minimum absolute atomic E-state index is 0.174. The number of phenols is 2. The number of phenolic OH excluding ortho intramolecular Hbond substituents is 2. The van der Waals surface area contributed by atoms with Gasteiger partial charge in [-0.2, -0.15) is 0 Å². The standard InChI is InChI=1S/C11H15NO3/c12-10(11(15)6-1-2-6)7-3-4-8(13)9(14)5-7/h3-6,10-11,13-15H,1-2,12H2/t10-,11+/m0/s1. The molecule has 0 amide bonds. The second-order valence-corrected chi connectivity index (χ2v) is 4.10. The van der Waals surface area contributed by atoms with Crippen LogP contribution < -0.4 is 5.73 Å². The zero-order valence-electron chi connectivity index (χ0n) is 8.30. The molecule has 0 bridgehead atoms. The van der Waals surface area contributed by atoms with E-state index in [2.05, 4.69) is 0 Å². The van der Waals surface area contributed by atoms with Crippen molar-refractivity contribution in [3.05, 3.63) is 23.8 Å². The van der Waals surface area contributed by atoms with Crippen molar-refractivity contribution >= 4 is 0 Å². The van der Waals surface area contributed by atoms with E-state index >= 15 is 0 Å². The van der Waals surface area contributed by atoms with Crippen molar-refractivity contribution in [1.29, 1.82) is 0 Å². The third kappa shape index (κ3) is 2.06. The fourth-order valence-corrected chi connectivity index (χ4v) is 1.68. The number of rotatable bonds is 3. The summed E-state index contributed by atoms with van der Waals surface area (Å²) in [7, 11) is 0. The first kappa shape index (κ1) is 10.3. The first-order valence-electron chi connectivity index (χ1n) is 5.05. The Bertz CT molecular complexity index is 363. The Labute approximate surface area is 88.0 Å². The molecular weight excluding hydrogens is 194 g/mol. The van der Waals surface area contributed by atoms with Gasteiger partial charge in [-0.1, -0.05) is 6.07 Å². The highest BCUT2D eigenvalue weighted by Crippen LogP contribution is 2.38. The molecule has 1 aromatic carbocycles. The highest BCUT2D eigenvalue weighted by molar-refractivity contribution is 5.41. The van der Waals surface area contributed by atoms with Crippen LogP contribution in [0.3, 0.4) is 0 Å². The van der Waals surface area contributed by atoms with Crippen molar-refractivity contribution in [1.82, 2.24) is 0 Å². The maximum Gasteiger partial charge on any atom is 0.157 e. The van der Waals surface area contributed by atoms with Crippen molar-refractivity contribution in [3.8, 4) is 11.5 Å². The molecule has 0 saturated heterocycles. The van der Waals surface area contributed by atoms with Gasteiger partial charge in [-0.15, -0.1) is 0 Å². The van der Waals surface area contributed by atoms with E-state index in [1.165, 1.54) is 12.1 Å². The Balaban J connectivity index is 2.17. The Hall–Kier alpha value is -1.26. The van der Waals surface area contributed by atoms with Crippen molar-refractivity contribution in [3.63, 3.8) is 0 Å². The Morgan fingerprint density at radius 3 is 2.40 bits per heavy atom. The number of aromatic hydroxyl groups is 2. The third-order valence-corrected chi connectivity index (χ3v) is 2.86. The van der Waals surface area contributed by atoms with Gasteiger partial charge in [0.2, 0.25) is 0 Å². The van der Waals surface area contributed by atoms with Gasteiger partial charge in [-0.25, -0.2) is 0 Å². The molecule has 0 unspecified atom stereocenters. The minimum atomic E-state index is -0.561. The average molecular weight is 209 g/mol. The monoisotopic (exact) mass is 209 g/mol. The van der Waals surface area contributed by atoms with E-state index in [1.54, 1.807) is 6.07 Å². The molecular formula is C11H15NO3. The summed E-state index contributed by atoms with van der Waals surface area (Å²) in [5.74, 6) is -0.0891. The lowest BCUT2D eigenvalue weighted by Gasteiger charge is -2.18. The van der Waals surface area contributed by atoms with E-state index < -0.39 is 12.1 Å². The van der Waals surface area contributed by atoms with Gasteiger partial charge < -0.3 is 21.1 Å². The van der Waals surface area contributed by atoms with Crippen LogP contribution in [-0.4, -0.2) is 21.4 Å². The lowest BCUT2D eigenvalue weighted by atomic mass is 9.99. The molecule has 1 saturated carbocycles. The first-order chi connectivity index (χ1) is 7.09. The van der Waals surface area contributed by atoms with Crippen molar-refractivity contribution in [2.45, 2.75) is 25.0 Å². The number of aliphatic hydroxyl groups is 1. The van der Waals surface area contributed by atoms with E-state index in [-0.39, 0.29) is 17.4 Å². The fourth-order valence-electron chi connectivity index (χ4n) is 1.68. The molecule has 15 heavy (non-hydrogen) atoms. The van der Waals surface area contributed by atoms with Crippen LogP contribution in [0.15, 0.2) is 18.2 Å². The zero-order chi connectivity index (χ0) is 11.0. The largest absolute Gasteiger partial charge is 0.504 e. The maximum absolute atomic E-state index is 9.80. The molecule has 0 aromatic heterocycles. The lowest BCUT2D eigenvalue weighted by molar-refractivity contribution is 0.122. The molecule has 2 atom stereocenters. The summed E-state index contributed by atoms with van der Waals surface area (Å²) >= 11 is 0. The van der Waals surface area contributed by atoms with Crippen molar-refractivity contribution in [2.24, 2.45) is 11.7 Å². The Morgan fingerprint density at radius 1 is 1.20 bits per heavy atom. The number of hydrogen-bond donors (Lipinski definition) is 4. The second-order valence-electron chi connectivity index (χ2n) is 4.10. The maximum atomic E-state index is 9.80. The second kappa shape index (κ2) is 3.72. The summed E-state index contributed by atoms with van der Waals surface area (Å²) in [6.45, 7) is 0. The predicted molar refractivity (Wildman–Crippen MR) is 55.4 cm³/mol. The number of hydrogen-bond acceptors (Lipinski definition) is 4. The molecule has 0 aliphatic heterocycles. The molecule has 0 spiro atoms. The molecule has 4 heteroatoms. The molecule has 0 radical (unpaired) electrons. The van der Waals surface area contributed by atoms with Gasteiger partial charge in [0.05, 0.1) is 12.1 Å². The first-order valence-corrected chi connectivity index (χ1v) is 5.05. The van der Waals surface area contributed by atoms with Crippen LogP contribution in [0, 0.1) is 5.92 Å². The summed E-state index contributed by atoms with van der Waals surface area (Å²) in [4.78, 5) is 0. The lowest BCUT2D eigenvalue weighted by Crippen LogP contribution is -2.27. The van der Waals surface area contributed by atoms with Gasteiger partial charge in [-0.3, -0.25) is 0 Å². The summed E-state index contributed by atoms with van der Waals surface area (Å²) in [5.41, 5.74) is 6.50. The molecule has 1 aromatic rings. The van der Waals surface area contributed by atoms with Crippen LogP contribution in [0.4, 0.5) is 0 Å². The molecule has 1 fully saturated rings. The van der Waals surface area contributed by atoms with Crippen LogP contribution in [-0.2, 0) is 0 Å². The quantitative estimate of drug-likeness (QED) is 0.556. The SMILES string of the molecule is N[C@@H](c1ccc(O)c(O)c1)[C@H](O)C1CC1. The average Bonchev–Trinajstić information content (AvgIpc) is 3.03. The van der Waals surface area contributed by atoms with E-state index in [1.807, 2.05) is 0 Å². The van der Waals surface area contributed by atoms with E-state index in [0.29, 0.717) is 5.56 Å². The number of nitrogens with two attached hydrogens (primary N) is 1. The molecule has 1 aliphatic rings. The molecule has 5 N–H and O–H groups in total. The van der Waals surface area contributed by atoms with Crippen LogP contribution in [0.5, 0.6) is 11.5 Å². The number of benzene rings is 1. The van der Waals surface area contributed by atoms with Gasteiger partial charge in [-0.05, 0) is 36.5 Å². The van der Waals surface area contributed by atoms with Gasteiger partial charge in [0.25, 0.3) is 0 Å². The van der Waals surface area contributed by atoms with E-state index in [4.69, 9.17) is 10.8 Å². The van der Waals surface area contributed by atoms with E-state index in [0.717, 1.165) is 12.8 Å². The highest BCUT2D eigenvalue weighted by Gasteiger charge is 2.34. The molecule has 1 aliphatic carbocycles. The fraction of sp³-hybridized carbons (Fsp3) is 0.455. The van der Waals surface area contributed by atoms with Gasteiger partial charge in [0, 0.05) is 0 Å². The van der Waals surface area contributed by atoms with Crippen molar-refractivity contribution in [2.75, 3.05) is 0 Å². The zero-order valence-corrected chi connectivity index (χ0v) is 8.30. The Kier molecular flexibility index (Phi) is 2.54. The minimum Gasteiger partial charge on any atom is -0.504 e. The van der Waals surface area contributed by atoms with Crippen LogP contribution in [0.1, 0.15) is 24.4 Å². The van der Waals surface area contributed by atoms with Crippen LogP contribution in [0.2, 0.25) is 0 Å². The highest BCUT2D eigenvalue weighted by atomic mass is 16.3. The summed E-state index contributed by atoms with van der Waals surface area (Å²) in [6, 6.07) is 3.89. The molecule has 82 valence electrons. The summed E-state index contributed by atoms with van der Waals surface area (Å²) < 4.78 is 0. The summed E-state index contributed by atoms with van der Waals surface area (Å²) in [6.07, 6.45) is 1.46. The number of aliphatic hydroxyl groups excluding tert-OH is 1. The normalized spacial score (nSPS) is 19.9. The van der Waals surface area contributed by atoms with Gasteiger partial charge >= 0.3 is 0 Å². The molecule has 2 rings (SSSR count). The van der Waals surface area contributed by atoms with Gasteiger partial charge in [0.1, 0.15) is 0 Å². The van der Waals surface area contributed by atoms with Crippen molar-refractivity contribution < 1.29 is 15.3 Å². The van der Waals surface area contributed by atoms with Gasteiger partial charge in [0.15, 0.2) is 11.5 Å². The smallest absolute Gasteiger partial charge is 0.157 e. The molecule has 4 nitrogen and oxygen atoms in total. The topological polar surface area (TPSA) is 86.7 Å². The predicted octanol–water partition coefficient (Wildman–Crippen LogP) is 0.868. The molecule has 0 heterocycles. The summed E-state index contributed by atoms with van der Waals surface area (Å²) in [5, 5.41) is 28.2.